The molecule has 1 fully saturated rings. The highest BCUT2D eigenvalue weighted by atomic mass is 16.4. The van der Waals surface area contributed by atoms with E-state index >= 15 is 0 Å². The van der Waals surface area contributed by atoms with Gasteiger partial charge in [-0.2, -0.15) is 0 Å². The first kappa shape index (κ1) is 14.6. The molecule has 1 atom stereocenters. The standard InChI is InChI=1S/C16H21NO3/c1-12-7-4-5-8-13(12)11-15(18)17-10-6-2-3-9-14(17)16(19)20/h4-5,7-8,14H,2-3,6,9-11H2,1H3,(H,19,20). The molecule has 1 unspecified atom stereocenters. The van der Waals surface area contributed by atoms with E-state index in [1.54, 1.807) is 4.90 Å². The zero-order valence-electron chi connectivity index (χ0n) is 11.8. The number of aliphatic carboxylic acids is 1. The number of amides is 1. The molecule has 4 heteroatoms. The summed E-state index contributed by atoms with van der Waals surface area (Å²) < 4.78 is 0. The Bertz CT molecular complexity index is 498. The molecule has 108 valence electrons. The lowest BCUT2D eigenvalue weighted by molar-refractivity contribution is -0.150. The molecule has 1 aromatic carbocycles. The highest BCUT2D eigenvalue weighted by Gasteiger charge is 2.30. The molecule has 1 saturated heterocycles. The van der Waals surface area contributed by atoms with Crippen LogP contribution < -0.4 is 0 Å². The van der Waals surface area contributed by atoms with Gasteiger partial charge in [0.1, 0.15) is 6.04 Å². The Morgan fingerprint density at radius 3 is 2.70 bits per heavy atom. The van der Waals surface area contributed by atoms with Crippen LogP contribution in [0.25, 0.3) is 0 Å². The number of hydrogen-bond donors (Lipinski definition) is 1. The Hall–Kier alpha value is -1.84. The quantitative estimate of drug-likeness (QED) is 0.921. The average molecular weight is 275 g/mol. The van der Waals surface area contributed by atoms with Gasteiger partial charge in [-0.05, 0) is 30.9 Å². The lowest BCUT2D eigenvalue weighted by Crippen LogP contribution is -2.45. The lowest BCUT2D eigenvalue weighted by atomic mass is 10.0. The number of aryl methyl sites for hydroxylation is 1. The Labute approximate surface area is 119 Å². The van der Waals surface area contributed by atoms with Crippen molar-refractivity contribution >= 4 is 11.9 Å². The number of likely N-dealkylation sites (tertiary alicyclic amines) is 1. The molecule has 1 aliphatic rings. The van der Waals surface area contributed by atoms with Crippen molar-refractivity contribution in [2.75, 3.05) is 6.54 Å². The predicted octanol–water partition coefficient (Wildman–Crippen LogP) is 2.39. The zero-order chi connectivity index (χ0) is 14.5. The van der Waals surface area contributed by atoms with Gasteiger partial charge in [-0.3, -0.25) is 4.79 Å². The third kappa shape index (κ3) is 3.38. The summed E-state index contributed by atoms with van der Waals surface area (Å²) in [7, 11) is 0. The highest BCUT2D eigenvalue weighted by Crippen LogP contribution is 2.19. The monoisotopic (exact) mass is 275 g/mol. The van der Waals surface area contributed by atoms with E-state index < -0.39 is 12.0 Å². The molecule has 0 aromatic heterocycles. The largest absolute Gasteiger partial charge is 0.480 e. The number of rotatable bonds is 3. The number of carbonyl (C=O) groups is 2. The summed E-state index contributed by atoms with van der Waals surface area (Å²) in [6, 6.07) is 7.09. The molecule has 1 aliphatic heterocycles. The summed E-state index contributed by atoms with van der Waals surface area (Å²) in [6.07, 6.45) is 3.62. The molecule has 0 saturated carbocycles. The van der Waals surface area contributed by atoms with E-state index in [0.29, 0.717) is 13.0 Å². The van der Waals surface area contributed by atoms with Gasteiger partial charge in [0.25, 0.3) is 0 Å². The van der Waals surface area contributed by atoms with Crippen molar-refractivity contribution < 1.29 is 14.7 Å². The minimum absolute atomic E-state index is 0.0754. The highest BCUT2D eigenvalue weighted by molar-refractivity contribution is 5.85. The van der Waals surface area contributed by atoms with Crippen LogP contribution in [0.15, 0.2) is 24.3 Å². The lowest BCUT2D eigenvalue weighted by Gasteiger charge is -2.27. The second-order valence-electron chi connectivity index (χ2n) is 5.39. The smallest absolute Gasteiger partial charge is 0.326 e. The topological polar surface area (TPSA) is 57.6 Å². The summed E-state index contributed by atoms with van der Waals surface area (Å²) in [5.41, 5.74) is 2.05. The molecule has 0 aliphatic carbocycles. The summed E-state index contributed by atoms with van der Waals surface area (Å²) in [5.74, 6) is -0.960. The Morgan fingerprint density at radius 2 is 2.00 bits per heavy atom. The van der Waals surface area contributed by atoms with Crippen molar-refractivity contribution in [2.45, 2.75) is 45.1 Å². The molecule has 20 heavy (non-hydrogen) atoms. The first-order chi connectivity index (χ1) is 9.59. The van der Waals surface area contributed by atoms with Gasteiger partial charge in [0.15, 0.2) is 0 Å². The number of carbonyl (C=O) groups excluding carboxylic acids is 1. The normalized spacial score (nSPS) is 19.4. The van der Waals surface area contributed by atoms with Crippen LogP contribution in [0.5, 0.6) is 0 Å². The van der Waals surface area contributed by atoms with Crippen molar-refractivity contribution in [2.24, 2.45) is 0 Å². The SMILES string of the molecule is Cc1ccccc1CC(=O)N1CCCCCC1C(=O)O. The molecule has 1 heterocycles. The number of hydrogen-bond acceptors (Lipinski definition) is 2. The van der Waals surface area contributed by atoms with Gasteiger partial charge < -0.3 is 10.0 Å². The van der Waals surface area contributed by atoms with Crippen molar-refractivity contribution in [3.8, 4) is 0 Å². The predicted molar refractivity (Wildman–Crippen MR) is 76.5 cm³/mol. The Balaban J connectivity index is 2.13. The number of carboxylic acids is 1. The van der Waals surface area contributed by atoms with E-state index in [1.165, 1.54) is 0 Å². The van der Waals surface area contributed by atoms with Crippen LogP contribution in [0.3, 0.4) is 0 Å². The van der Waals surface area contributed by atoms with Crippen LogP contribution in [0.2, 0.25) is 0 Å². The fourth-order valence-corrected chi connectivity index (χ4v) is 2.74. The first-order valence-corrected chi connectivity index (χ1v) is 7.16. The van der Waals surface area contributed by atoms with Gasteiger partial charge in [0, 0.05) is 6.54 Å². The van der Waals surface area contributed by atoms with E-state index in [1.807, 2.05) is 31.2 Å². The maximum atomic E-state index is 12.4. The van der Waals surface area contributed by atoms with Crippen molar-refractivity contribution in [1.29, 1.82) is 0 Å². The van der Waals surface area contributed by atoms with Gasteiger partial charge in [0.05, 0.1) is 6.42 Å². The van der Waals surface area contributed by atoms with Crippen LogP contribution in [0.4, 0.5) is 0 Å². The van der Waals surface area contributed by atoms with Gasteiger partial charge in [-0.1, -0.05) is 37.1 Å². The van der Waals surface area contributed by atoms with Crippen LogP contribution >= 0.6 is 0 Å². The first-order valence-electron chi connectivity index (χ1n) is 7.16. The Kier molecular flexibility index (Phi) is 4.77. The van der Waals surface area contributed by atoms with Crippen LogP contribution in [0, 0.1) is 6.92 Å². The number of benzene rings is 1. The molecule has 0 spiro atoms. The summed E-state index contributed by atoms with van der Waals surface area (Å²) in [5, 5.41) is 9.31. The molecule has 1 aromatic rings. The molecule has 4 nitrogen and oxygen atoms in total. The molecular weight excluding hydrogens is 254 g/mol. The average Bonchev–Trinajstić information content (AvgIpc) is 2.67. The van der Waals surface area contributed by atoms with Gasteiger partial charge in [-0.25, -0.2) is 4.79 Å². The van der Waals surface area contributed by atoms with Crippen LogP contribution in [-0.2, 0) is 16.0 Å². The fraction of sp³-hybridized carbons (Fsp3) is 0.500. The molecule has 0 bridgehead atoms. The van der Waals surface area contributed by atoms with E-state index in [4.69, 9.17) is 0 Å². The van der Waals surface area contributed by atoms with Crippen molar-refractivity contribution in [1.82, 2.24) is 4.90 Å². The van der Waals surface area contributed by atoms with Gasteiger partial charge >= 0.3 is 5.97 Å². The van der Waals surface area contributed by atoms with E-state index in [9.17, 15) is 14.7 Å². The second-order valence-corrected chi connectivity index (χ2v) is 5.39. The van der Waals surface area contributed by atoms with Crippen molar-refractivity contribution in [3.05, 3.63) is 35.4 Å². The van der Waals surface area contributed by atoms with Crippen LogP contribution in [-0.4, -0.2) is 34.5 Å². The number of nitrogens with zero attached hydrogens (tertiary/aromatic N) is 1. The third-order valence-corrected chi connectivity index (χ3v) is 3.96. The maximum Gasteiger partial charge on any atom is 0.326 e. The van der Waals surface area contributed by atoms with Crippen molar-refractivity contribution in [3.63, 3.8) is 0 Å². The minimum Gasteiger partial charge on any atom is -0.480 e. The summed E-state index contributed by atoms with van der Waals surface area (Å²) >= 11 is 0. The fourth-order valence-electron chi connectivity index (χ4n) is 2.74. The van der Waals surface area contributed by atoms with Gasteiger partial charge in [-0.15, -0.1) is 0 Å². The second kappa shape index (κ2) is 6.55. The minimum atomic E-state index is -0.884. The van der Waals surface area contributed by atoms with Gasteiger partial charge in [0.2, 0.25) is 5.91 Å². The summed E-state index contributed by atoms with van der Waals surface area (Å²) in [4.78, 5) is 25.4. The number of carboxylic acid groups (broad SMARTS) is 1. The molecule has 0 radical (unpaired) electrons. The van der Waals surface area contributed by atoms with E-state index in [0.717, 1.165) is 30.4 Å². The molecule has 1 amide bonds. The molecule has 1 N–H and O–H groups in total. The van der Waals surface area contributed by atoms with E-state index in [2.05, 4.69) is 0 Å². The molecular formula is C16H21NO3. The maximum absolute atomic E-state index is 12.4. The third-order valence-electron chi connectivity index (χ3n) is 3.96. The zero-order valence-corrected chi connectivity index (χ0v) is 11.8. The molecule has 2 rings (SSSR count). The van der Waals surface area contributed by atoms with E-state index in [-0.39, 0.29) is 12.3 Å². The Morgan fingerprint density at radius 1 is 1.25 bits per heavy atom. The van der Waals surface area contributed by atoms with Crippen LogP contribution in [0.1, 0.15) is 36.8 Å². The summed E-state index contributed by atoms with van der Waals surface area (Å²) in [6.45, 7) is 2.53.